The summed E-state index contributed by atoms with van der Waals surface area (Å²) in [6.07, 6.45) is 6.47. The summed E-state index contributed by atoms with van der Waals surface area (Å²) in [7, 11) is 0. The molecule has 0 unspecified atom stereocenters. The van der Waals surface area contributed by atoms with Crippen LogP contribution in [0.5, 0.6) is 0 Å². The molecule has 0 aliphatic heterocycles. The van der Waals surface area contributed by atoms with Crippen molar-refractivity contribution >= 4 is 16.7 Å². The number of aryl methyl sites for hydroxylation is 2. The number of pyridine rings is 3. The third-order valence-electron chi connectivity index (χ3n) is 4.92. The molecule has 3 heterocycles. The predicted octanol–water partition coefficient (Wildman–Crippen LogP) is 3.10. The number of rotatable bonds is 6. The van der Waals surface area contributed by atoms with Crippen molar-refractivity contribution in [3.05, 3.63) is 110 Å². The maximum Gasteiger partial charge on any atom is 0.271 e. The molecule has 3 aromatic heterocycles. The molecule has 0 N–H and O–H groups in total. The molecule has 4 rings (SSSR count). The molecular formula is C22H18N4O4. The van der Waals surface area contributed by atoms with Gasteiger partial charge in [0.15, 0.2) is 12.4 Å². The summed E-state index contributed by atoms with van der Waals surface area (Å²) < 4.78 is 2.16. The first-order valence-corrected chi connectivity index (χ1v) is 9.45. The Morgan fingerprint density at radius 1 is 1.03 bits per heavy atom. The van der Waals surface area contributed by atoms with E-state index in [9.17, 15) is 20.1 Å². The number of fused-ring (bicyclic) bond motifs is 1. The molecule has 8 nitrogen and oxygen atoms in total. The van der Waals surface area contributed by atoms with Crippen LogP contribution >= 0.6 is 0 Å². The second kappa shape index (κ2) is 8.12. The molecule has 0 fully saturated rings. The number of nitrogens with zero attached hydrogens (tertiary/aromatic N) is 4. The van der Waals surface area contributed by atoms with Gasteiger partial charge in [0.1, 0.15) is 5.65 Å². The zero-order valence-electron chi connectivity index (χ0n) is 16.0. The highest BCUT2D eigenvalue weighted by atomic mass is 16.6. The second-order valence-electron chi connectivity index (χ2n) is 6.92. The van der Waals surface area contributed by atoms with Gasteiger partial charge in [-0.15, -0.1) is 0 Å². The lowest BCUT2D eigenvalue weighted by Crippen LogP contribution is -2.24. The third kappa shape index (κ3) is 3.88. The highest BCUT2D eigenvalue weighted by Crippen LogP contribution is 2.20. The van der Waals surface area contributed by atoms with Gasteiger partial charge in [0.2, 0.25) is 0 Å². The van der Waals surface area contributed by atoms with Crippen molar-refractivity contribution in [3.8, 4) is 5.69 Å². The van der Waals surface area contributed by atoms with Gasteiger partial charge < -0.3 is 5.21 Å². The summed E-state index contributed by atoms with van der Waals surface area (Å²) in [6, 6.07) is 15.0. The van der Waals surface area contributed by atoms with E-state index in [-0.39, 0.29) is 11.2 Å². The van der Waals surface area contributed by atoms with E-state index in [0.29, 0.717) is 23.3 Å². The molecule has 30 heavy (non-hydrogen) atoms. The molecule has 0 saturated heterocycles. The van der Waals surface area contributed by atoms with Crippen LogP contribution in [0.25, 0.3) is 16.7 Å². The maximum atomic E-state index is 13.3. The van der Waals surface area contributed by atoms with Crippen molar-refractivity contribution in [1.29, 1.82) is 0 Å². The van der Waals surface area contributed by atoms with Gasteiger partial charge in [0.25, 0.3) is 11.2 Å². The molecule has 0 atom stereocenters. The van der Waals surface area contributed by atoms with Gasteiger partial charge in [0, 0.05) is 41.4 Å². The first-order valence-electron chi connectivity index (χ1n) is 9.45. The normalized spacial score (nSPS) is 10.9. The van der Waals surface area contributed by atoms with Crippen LogP contribution in [0.15, 0.2) is 78.0 Å². The van der Waals surface area contributed by atoms with Crippen molar-refractivity contribution in [3.63, 3.8) is 0 Å². The fourth-order valence-electron chi connectivity index (χ4n) is 3.46. The van der Waals surface area contributed by atoms with Crippen LogP contribution in [0.3, 0.4) is 0 Å². The maximum absolute atomic E-state index is 13.3. The molecule has 0 aliphatic carbocycles. The topological polar surface area (TPSA) is 105 Å². The fraction of sp³-hybridized carbons (Fsp3) is 0.136. The molecule has 0 saturated carbocycles. The number of nitro groups is 1. The van der Waals surface area contributed by atoms with E-state index in [1.807, 2.05) is 12.1 Å². The summed E-state index contributed by atoms with van der Waals surface area (Å²) in [6.45, 7) is 0. The van der Waals surface area contributed by atoms with E-state index in [2.05, 4.69) is 4.98 Å². The Morgan fingerprint density at radius 3 is 2.60 bits per heavy atom. The van der Waals surface area contributed by atoms with Gasteiger partial charge in [-0.05, 0) is 49.1 Å². The number of hydrogen-bond donors (Lipinski definition) is 0. The quantitative estimate of drug-likeness (QED) is 0.213. The minimum absolute atomic E-state index is 0.0893. The fourth-order valence-corrected chi connectivity index (χ4v) is 3.46. The number of aromatic nitrogens is 3. The minimum Gasteiger partial charge on any atom is -0.619 e. The van der Waals surface area contributed by atoms with Crippen molar-refractivity contribution in [2.45, 2.75) is 19.3 Å². The molecule has 0 aliphatic rings. The zero-order chi connectivity index (χ0) is 21.1. The molecule has 150 valence electrons. The Balaban J connectivity index is 1.72. The van der Waals surface area contributed by atoms with E-state index in [4.69, 9.17) is 0 Å². The average molecular weight is 402 g/mol. The number of hydrogen-bond acceptors (Lipinski definition) is 5. The summed E-state index contributed by atoms with van der Waals surface area (Å²) in [5.41, 5.74) is 2.15. The summed E-state index contributed by atoms with van der Waals surface area (Å²) in [5.74, 6) is 0. The number of benzene rings is 1. The van der Waals surface area contributed by atoms with Crippen LogP contribution in [0.1, 0.15) is 17.5 Å². The van der Waals surface area contributed by atoms with Crippen LogP contribution in [-0.4, -0.2) is 14.5 Å². The van der Waals surface area contributed by atoms with Crippen LogP contribution < -0.4 is 10.3 Å². The summed E-state index contributed by atoms with van der Waals surface area (Å²) in [4.78, 5) is 28.3. The molecular weight excluding hydrogens is 384 g/mol. The molecule has 0 radical (unpaired) electrons. The van der Waals surface area contributed by atoms with E-state index < -0.39 is 4.92 Å². The lowest BCUT2D eigenvalue weighted by molar-refractivity contribution is -0.605. The first-order chi connectivity index (χ1) is 14.5. The van der Waals surface area contributed by atoms with Gasteiger partial charge >= 0.3 is 0 Å². The summed E-state index contributed by atoms with van der Waals surface area (Å²) >= 11 is 0. The van der Waals surface area contributed by atoms with Gasteiger partial charge in [-0.25, -0.2) is 4.98 Å². The standard InChI is InChI=1S/C22H18N4O4/c27-22-18(5-1-4-16-9-12-24(28)13-10-16)14-17-6-3-11-23-21(17)25(22)19-7-2-8-20(15-19)26(29)30/h2-3,6-15H,1,4-5H2. The van der Waals surface area contributed by atoms with Crippen molar-refractivity contribution in [2.24, 2.45) is 0 Å². The Bertz CT molecular complexity index is 1280. The highest BCUT2D eigenvalue weighted by Gasteiger charge is 2.14. The van der Waals surface area contributed by atoms with Gasteiger partial charge in [0.05, 0.1) is 10.6 Å². The molecule has 4 aromatic rings. The van der Waals surface area contributed by atoms with E-state index in [1.165, 1.54) is 29.1 Å². The molecule has 1 aromatic carbocycles. The van der Waals surface area contributed by atoms with Gasteiger partial charge in [-0.2, -0.15) is 4.73 Å². The Labute approximate surface area is 171 Å². The molecule has 0 spiro atoms. The van der Waals surface area contributed by atoms with Crippen molar-refractivity contribution < 1.29 is 9.65 Å². The molecule has 8 heteroatoms. The smallest absolute Gasteiger partial charge is 0.271 e. The Hall–Kier alpha value is -4.07. The Kier molecular flexibility index (Phi) is 5.21. The van der Waals surface area contributed by atoms with Crippen LogP contribution in [0, 0.1) is 15.3 Å². The first kappa shape index (κ1) is 19.3. The van der Waals surface area contributed by atoms with E-state index in [1.54, 1.807) is 36.5 Å². The van der Waals surface area contributed by atoms with E-state index >= 15 is 0 Å². The monoisotopic (exact) mass is 402 g/mol. The summed E-state index contributed by atoms with van der Waals surface area (Å²) in [5, 5.41) is 23.1. The second-order valence-corrected chi connectivity index (χ2v) is 6.92. The molecule has 0 amide bonds. The number of nitro benzene ring substituents is 1. The lowest BCUT2D eigenvalue weighted by Gasteiger charge is -2.12. The Morgan fingerprint density at radius 2 is 1.83 bits per heavy atom. The zero-order valence-corrected chi connectivity index (χ0v) is 16.0. The SMILES string of the molecule is O=c1c(CCCc2cc[n+]([O-])cc2)cc2cccnc2n1-c1cccc([N+](=O)[O-])c1. The molecule has 0 bridgehead atoms. The van der Waals surface area contributed by atoms with Crippen LogP contribution in [0.2, 0.25) is 0 Å². The largest absolute Gasteiger partial charge is 0.619 e. The number of non-ortho nitro benzene ring substituents is 1. The minimum atomic E-state index is -0.487. The lowest BCUT2D eigenvalue weighted by atomic mass is 10.0. The average Bonchev–Trinajstić information content (AvgIpc) is 2.75. The van der Waals surface area contributed by atoms with Gasteiger partial charge in [-0.3, -0.25) is 19.5 Å². The van der Waals surface area contributed by atoms with Crippen molar-refractivity contribution in [2.75, 3.05) is 0 Å². The predicted molar refractivity (Wildman–Crippen MR) is 111 cm³/mol. The van der Waals surface area contributed by atoms with E-state index in [0.717, 1.165) is 28.5 Å². The van der Waals surface area contributed by atoms with Gasteiger partial charge in [-0.1, -0.05) is 6.07 Å². The van der Waals surface area contributed by atoms with Crippen LogP contribution in [-0.2, 0) is 12.8 Å². The van der Waals surface area contributed by atoms with Crippen molar-refractivity contribution in [1.82, 2.24) is 9.55 Å². The van der Waals surface area contributed by atoms with Crippen LogP contribution in [0.4, 0.5) is 5.69 Å². The highest BCUT2D eigenvalue weighted by molar-refractivity contribution is 5.77. The third-order valence-corrected chi connectivity index (χ3v) is 4.92.